The van der Waals surface area contributed by atoms with Crippen LogP contribution < -0.4 is 10.2 Å². The zero-order valence-corrected chi connectivity index (χ0v) is 13.8. The van der Waals surface area contributed by atoms with Crippen molar-refractivity contribution >= 4 is 17.5 Å². The first-order valence-electron chi connectivity index (χ1n) is 7.59. The Morgan fingerprint density at radius 1 is 1.24 bits per heavy atom. The molecule has 1 aromatic heterocycles. The average molecular weight is 293 g/mol. The molecule has 6 nitrogen and oxygen atoms in total. The van der Waals surface area contributed by atoms with Crippen LogP contribution in [-0.2, 0) is 11.2 Å². The standard InChI is InChI=1S/C15H27N5O/c1-6-9-12-14(16-4)17-11-18-15(12)19(5)10-13(21)20(7-2)8-3/h11H,6-10H2,1-5H3,(H,16,17,18). The zero-order chi connectivity index (χ0) is 15.8. The molecule has 0 aliphatic heterocycles. The molecule has 118 valence electrons. The highest BCUT2D eigenvalue weighted by Gasteiger charge is 2.18. The van der Waals surface area contributed by atoms with Gasteiger partial charge in [-0.2, -0.15) is 0 Å². The zero-order valence-electron chi connectivity index (χ0n) is 13.8. The van der Waals surface area contributed by atoms with Crippen LogP contribution in [0, 0.1) is 0 Å². The van der Waals surface area contributed by atoms with Crippen molar-refractivity contribution in [2.75, 3.05) is 43.9 Å². The summed E-state index contributed by atoms with van der Waals surface area (Å²) in [6.07, 6.45) is 3.43. The predicted octanol–water partition coefficient (Wildman–Crippen LogP) is 1.78. The van der Waals surface area contributed by atoms with Crippen molar-refractivity contribution in [1.29, 1.82) is 0 Å². The van der Waals surface area contributed by atoms with E-state index in [-0.39, 0.29) is 5.91 Å². The van der Waals surface area contributed by atoms with Gasteiger partial charge in [-0.3, -0.25) is 4.79 Å². The molecule has 0 fully saturated rings. The summed E-state index contributed by atoms with van der Waals surface area (Å²) in [7, 11) is 3.76. The monoisotopic (exact) mass is 293 g/mol. The Balaban J connectivity index is 2.96. The summed E-state index contributed by atoms with van der Waals surface area (Å²) in [5.41, 5.74) is 1.07. The van der Waals surface area contributed by atoms with Crippen LogP contribution >= 0.6 is 0 Å². The molecule has 1 heterocycles. The molecule has 0 saturated heterocycles. The van der Waals surface area contributed by atoms with Gasteiger partial charge < -0.3 is 15.1 Å². The van der Waals surface area contributed by atoms with E-state index in [0.29, 0.717) is 6.54 Å². The molecular weight excluding hydrogens is 266 g/mol. The van der Waals surface area contributed by atoms with Crippen molar-refractivity contribution in [3.05, 3.63) is 11.9 Å². The molecule has 0 aliphatic rings. The largest absolute Gasteiger partial charge is 0.373 e. The van der Waals surface area contributed by atoms with Crippen molar-refractivity contribution < 1.29 is 4.79 Å². The van der Waals surface area contributed by atoms with E-state index in [2.05, 4.69) is 22.2 Å². The minimum absolute atomic E-state index is 0.120. The molecule has 0 aliphatic carbocycles. The summed E-state index contributed by atoms with van der Waals surface area (Å²) >= 11 is 0. The third-order valence-corrected chi connectivity index (χ3v) is 3.51. The molecule has 0 unspecified atom stereocenters. The highest BCUT2D eigenvalue weighted by Crippen LogP contribution is 2.23. The molecule has 0 aromatic carbocycles. The van der Waals surface area contributed by atoms with Crippen LogP contribution in [0.15, 0.2) is 6.33 Å². The number of carbonyl (C=O) groups is 1. The third-order valence-electron chi connectivity index (χ3n) is 3.51. The maximum absolute atomic E-state index is 12.2. The molecule has 1 N–H and O–H groups in total. The summed E-state index contributed by atoms with van der Waals surface area (Å²) in [4.78, 5) is 24.6. The van der Waals surface area contributed by atoms with Gasteiger partial charge in [-0.05, 0) is 20.3 Å². The summed E-state index contributed by atoms with van der Waals surface area (Å²) in [5, 5.41) is 3.10. The lowest BCUT2D eigenvalue weighted by atomic mass is 10.1. The van der Waals surface area contributed by atoms with Crippen LogP contribution in [-0.4, -0.2) is 54.5 Å². The van der Waals surface area contributed by atoms with E-state index >= 15 is 0 Å². The Morgan fingerprint density at radius 2 is 1.90 bits per heavy atom. The van der Waals surface area contributed by atoms with Gasteiger partial charge in [0.1, 0.15) is 18.0 Å². The second-order valence-electron chi connectivity index (χ2n) is 4.95. The van der Waals surface area contributed by atoms with Crippen LogP contribution in [0.2, 0.25) is 0 Å². The lowest BCUT2D eigenvalue weighted by Gasteiger charge is -2.25. The molecular formula is C15H27N5O. The first kappa shape index (κ1) is 17.2. The lowest BCUT2D eigenvalue weighted by Crippen LogP contribution is -2.39. The summed E-state index contributed by atoms with van der Waals surface area (Å²) in [6, 6.07) is 0. The van der Waals surface area contributed by atoms with Gasteiger partial charge in [-0.1, -0.05) is 13.3 Å². The van der Waals surface area contributed by atoms with E-state index in [9.17, 15) is 4.79 Å². The smallest absolute Gasteiger partial charge is 0.242 e. The van der Waals surface area contributed by atoms with Crippen LogP contribution in [0.5, 0.6) is 0 Å². The molecule has 1 rings (SSSR count). The molecule has 21 heavy (non-hydrogen) atoms. The first-order chi connectivity index (χ1) is 10.1. The van der Waals surface area contributed by atoms with Gasteiger partial charge in [0.2, 0.25) is 5.91 Å². The van der Waals surface area contributed by atoms with Crippen molar-refractivity contribution in [3.8, 4) is 0 Å². The molecule has 0 spiro atoms. The number of amides is 1. The second-order valence-corrected chi connectivity index (χ2v) is 4.95. The van der Waals surface area contributed by atoms with Crippen molar-refractivity contribution in [3.63, 3.8) is 0 Å². The van der Waals surface area contributed by atoms with E-state index in [1.54, 1.807) is 6.33 Å². The van der Waals surface area contributed by atoms with E-state index in [1.165, 1.54) is 0 Å². The number of rotatable bonds is 8. The minimum atomic E-state index is 0.120. The second kappa shape index (κ2) is 8.44. The maximum atomic E-state index is 12.2. The lowest BCUT2D eigenvalue weighted by molar-refractivity contribution is -0.129. The Kier molecular flexibility index (Phi) is 6.91. The third kappa shape index (κ3) is 4.31. The maximum Gasteiger partial charge on any atom is 0.242 e. The molecule has 1 amide bonds. The van der Waals surface area contributed by atoms with E-state index in [4.69, 9.17) is 0 Å². The number of nitrogens with zero attached hydrogens (tertiary/aromatic N) is 4. The Hall–Kier alpha value is -1.85. The van der Waals surface area contributed by atoms with E-state index < -0.39 is 0 Å². The van der Waals surface area contributed by atoms with Crippen molar-refractivity contribution in [2.24, 2.45) is 0 Å². The first-order valence-corrected chi connectivity index (χ1v) is 7.59. The Labute approximate surface area is 127 Å². The molecule has 0 bridgehead atoms. The van der Waals surface area contributed by atoms with Crippen LogP contribution in [0.3, 0.4) is 0 Å². The number of nitrogens with one attached hydrogen (secondary N) is 1. The number of hydrogen-bond donors (Lipinski definition) is 1. The average Bonchev–Trinajstić information content (AvgIpc) is 2.48. The molecule has 0 atom stereocenters. The SMILES string of the molecule is CCCc1c(NC)ncnc1N(C)CC(=O)N(CC)CC. The molecule has 6 heteroatoms. The Morgan fingerprint density at radius 3 is 2.43 bits per heavy atom. The van der Waals surface area contributed by atoms with Crippen LogP contribution in [0.1, 0.15) is 32.8 Å². The highest BCUT2D eigenvalue weighted by atomic mass is 16.2. The molecule has 0 radical (unpaired) electrons. The van der Waals surface area contributed by atoms with Crippen molar-refractivity contribution in [1.82, 2.24) is 14.9 Å². The number of aromatic nitrogens is 2. The van der Waals surface area contributed by atoms with Gasteiger partial charge in [0.15, 0.2) is 0 Å². The van der Waals surface area contributed by atoms with Gasteiger partial charge in [0.05, 0.1) is 6.54 Å². The summed E-state index contributed by atoms with van der Waals surface area (Å²) in [6.45, 7) is 7.91. The highest BCUT2D eigenvalue weighted by molar-refractivity contribution is 5.81. The Bertz CT molecular complexity index is 459. The number of anilines is 2. The van der Waals surface area contributed by atoms with Crippen molar-refractivity contribution in [2.45, 2.75) is 33.6 Å². The minimum Gasteiger partial charge on any atom is -0.373 e. The summed E-state index contributed by atoms with van der Waals surface area (Å²) in [5.74, 6) is 1.79. The predicted molar refractivity (Wildman–Crippen MR) is 86.8 cm³/mol. The quantitative estimate of drug-likeness (QED) is 0.791. The number of hydrogen-bond acceptors (Lipinski definition) is 5. The fraction of sp³-hybridized carbons (Fsp3) is 0.667. The number of likely N-dealkylation sites (N-methyl/N-ethyl adjacent to an activating group) is 2. The van der Waals surface area contributed by atoms with Gasteiger partial charge in [0, 0.05) is 32.7 Å². The van der Waals surface area contributed by atoms with Crippen LogP contribution in [0.4, 0.5) is 11.6 Å². The van der Waals surface area contributed by atoms with Gasteiger partial charge in [-0.25, -0.2) is 9.97 Å². The van der Waals surface area contributed by atoms with E-state index in [1.807, 2.05) is 37.7 Å². The molecule has 1 aromatic rings. The fourth-order valence-corrected chi connectivity index (χ4v) is 2.38. The van der Waals surface area contributed by atoms with E-state index in [0.717, 1.165) is 43.1 Å². The van der Waals surface area contributed by atoms with Gasteiger partial charge >= 0.3 is 0 Å². The topological polar surface area (TPSA) is 61.4 Å². The number of carbonyl (C=O) groups excluding carboxylic acids is 1. The summed E-state index contributed by atoms with van der Waals surface area (Å²) < 4.78 is 0. The molecule has 0 saturated carbocycles. The fourth-order valence-electron chi connectivity index (χ4n) is 2.38. The normalized spacial score (nSPS) is 10.3. The van der Waals surface area contributed by atoms with Gasteiger partial charge in [0.25, 0.3) is 0 Å². The van der Waals surface area contributed by atoms with Crippen LogP contribution in [0.25, 0.3) is 0 Å². The van der Waals surface area contributed by atoms with Gasteiger partial charge in [-0.15, -0.1) is 0 Å².